The number of carboxylic acid groups (broad SMARTS) is 1. The second-order valence-electron chi connectivity index (χ2n) is 4.22. The van der Waals surface area contributed by atoms with Gasteiger partial charge in [-0.15, -0.1) is 0 Å². The van der Waals surface area contributed by atoms with Crippen molar-refractivity contribution >= 4 is 16.0 Å². The maximum absolute atomic E-state index is 11.8. The molecular weight excluding hydrogens is 218 g/mol. The van der Waals surface area contributed by atoms with Gasteiger partial charge in [-0.05, 0) is 19.3 Å². The van der Waals surface area contributed by atoms with Crippen LogP contribution in [0.4, 0.5) is 0 Å². The molecule has 0 bridgehead atoms. The van der Waals surface area contributed by atoms with E-state index in [1.54, 1.807) is 0 Å². The normalized spacial score (nSPS) is 28.1. The first-order chi connectivity index (χ1) is 6.83. The molecule has 2 atom stereocenters. The molecule has 0 aliphatic carbocycles. The number of carboxylic acids is 1. The molecule has 0 aromatic rings. The number of hydrogen-bond donors (Lipinski definition) is 1. The number of nitrogens with zero attached hydrogens (tertiary/aromatic N) is 1. The van der Waals surface area contributed by atoms with Crippen molar-refractivity contribution in [2.45, 2.75) is 32.7 Å². The minimum absolute atomic E-state index is 0.00112. The van der Waals surface area contributed by atoms with Crippen molar-refractivity contribution in [3.05, 3.63) is 0 Å². The molecule has 1 aliphatic heterocycles. The molecule has 0 radical (unpaired) electrons. The zero-order chi connectivity index (χ0) is 11.6. The standard InChI is InChI=1S/C9H17NO4S/c1-7-5-8(2)10(6-7)15(13,14)4-3-9(11)12/h7-8H,3-6H2,1-2H3,(H,11,12). The largest absolute Gasteiger partial charge is 0.481 e. The molecule has 0 amide bonds. The first kappa shape index (κ1) is 12.4. The average molecular weight is 235 g/mol. The van der Waals surface area contributed by atoms with E-state index in [1.165, 1.54) is 4.31 Å². The van der Waals surface area contributed by atoms with Crippen molar-refractivity contribution in [2.24, 2.45) is 5.92 Å². The van der Waals surface area contributed by atoms with E-state index in [4.69, 9.17) is 5.11 Å². The highest BCUT2D eigenvalue weighted by molar-refractivity contribution is 7.89. The number of aliphatic carboxylic acids is 1. The monoisotopic (exact) mass is 235 g/mol. The minimum atomic E-state index is -3.38. The molecule has 88 valence electrons. The summed E-state index contributed by atoms with van der Waals surface area (Å²) in [6.07, 6.45) is 0.534. The number of carbonyl (C=O) groups is 1. The third-order valence-electron chi connectivity index (χ3n) is 2.66. The molecule has 0 spiro atoms. The van der Waals surface area contributed by atoms with Crippen molar-refractivity contribution in [1.82, 2.24) is 4.31 Å². The maximum Gasteiger partial charge on any atom is 0.304 e. The van der Waals surface area contributed by atoms with Gasteiger partial charge < -0.3 is 5.11 Å². The molecular formula is C9H17NO4S. The number of rotatable bonds is 4. The SMILES string of the molecule is CC1CC(C)N(S(=O)(=O)CCC(=O)O)C1. The van der Waals surface area contributed by atoms with E-state index in [0.29, 0.717) is 12.5 Å². The molecule has 1 aliphatic rings. The molecule has 0 aromatic carbocycles. The zero-order valence-electron chi connectivity index (χ0n) is 9.01. The lowest BCUT2D eigenvalue weighted by Gasteiger charge is -2.20. The van der Waals surface area contributed by atoms with Crippen molar-refractivity contribution in [2.75, 3.05) is 12.3 Å². The summed E-state index contributed by atoms with van der Waals surface area (Å²) in [7, 11) is -3.38. The Morgan fingerprint density at radius 2 is 2.07 bits per heavy atom. The quantitative estimate of drug-likeness (QED) is 0.771. The Morgan fingerprint density at radius 1 is 1.47 bits per heavy atom. The second-order valence-corrected chi connectivity index (χ2v) is 6.26. The molecule has 5 nitrogen and oxygen atoms in total. The maximum atomic E-state index is 11.8. The van der Waals surface area contributed by atoms with Gasteiger partial charge in [-0.3, -0.25) is 4.79 Å². The van der Waals surface area contributed by atoms with Crippen LogP contribution in [0.2, 0.25) is 0 Å². The fourth-order valence-electron chi connectivity index (χ4n) is 1.98. The molecule has 1 N–H and O–H groups in total. The summed E-state index contributed by atoms with van der Waals surface area (Å²) in [5, 5.41) is 8.45. The van der Waals surface area contributed by atoms with E-state index in [1.807, 2.05) is 13.8 Å². The van der Waals surface area contributed by atoms with Gasteiger partial charge in [0.05, 0.1) is 12.2 Å². The summed E-state index contributed by atoms with van der Waals surface area (Å²) in [6.45, 7) is 4.38. The number of sulfonamides is 1. The van der Waals surface area contributed by atoms with Crippen LogP contribution < -0.4 is 0 Å². The van der Waals surface area contributed by atoms with Gasteiger partial charge in [-0.1, -0.05) is 6.92 Å². The Morgan fingerprint density at radius 3 is 2.47 bits per heavy atom. The molecule has 0 aromatic heterocycles. The summed E-state index contributed by atoms with van der Waals surface area (Å²) < 4.78 is 24.9. The summed E-state index contributed by atoms with van der Waals surface area (Å²) in [5.41, 5.74) is 0. The summed E-state index contributed by atoms with van der Waals surface area (Å²) >= 11 is 0. The van der Waals surface area contributed by atoms with E-state index in [9.17, 15) is 13.2 Å². The smallest absolute Gasteiger partial charge is 0.304 e. The highest BCUT2D eigenvalue weighted by Crippen LogP contribution is 2.25. The van der Waals surface area contributed by atoms with E-state index >= 15 is 0 Å². The highest BCUT2D eigenvalue weighted by Gasteiger charge is 2.34. The van der Waals surface area contributed by atoms with Gasteiger partial charge in [0.15, 0.2) is 0 Å². The lowest BCUT2D eigenvalue weighted by molar-refractivity contribution is -0.136. The Hall–Kier alpha value is -0.620. The second kappa shape index (κ2) is 4.49. The van der Waals surface area contributed by atoms with E-state index in [0.717, 1.165) is 6.42 Å². The van der Waals surface area contributed by atoms with Gasteiger partial charge in [0, 0.05) is 12.6 Å². The third kappa shape index (κ3) is 3.17. The summed E-state index contributed by atoms with van der Waals surface area (Å²) in [5.74, 6) is -1.00. The van der Waals surface area contributed by atoms with Gasteiger partial charge in [0.25, 0.3) is 0 Å². The predicted molar refractivity (Wildman–Crippen MR) is 56.0 cm³/mol. The summed E-state index contributed by atoms with van der Waals surface area (Å²) in [4.78, 5) is 10.3. The topological polar surface area (TPSA) is 74.7 Å². The minimum Gasteiger partial charge on any atom is -0.481 e. The van der Waals surface area contributed by atoms with Crippen LogP contribution in [0.5, 0.6) is 0 Å². The van der Waals surface area contributed by atoms with Crippen LogP contribution in [-0.4, -0.2) is 42.1 Å². The Kier molecular flexibility index (Phi) is 3.72. The van der Waals surface area contributed by atoms with Crippen LogP contribution in [0.15, 0.2) is 0 Å². The first-order valence-electron chi connectivity index (χ1n) is 5.04. The fourth-order valence-corrected chi connectivity index (χ4v) is 3.77. The van der Waals surface area contributed by atoms with Crippen LogP contribution >= 0.6 is 0 Å². The molecule has 1 fully saturated rings. The van der Waals surface area contributed by atoms with E-state index in [-0.39, 0.29) is 18.2 Å². The Labute approximate surface area is 90.1 Å². The van der Waals surface area contributed by atoms with Crippen LogP contribution in [0.3, 0.4) is 0 Å². The lowest BCUT2D eigenvalue weighted by atomic mass is 10.1. The van der Waals surface area contributed by atoms with Crippen molar-refractivity contribution in [1.29, 1.82) is 0 Å². The van der Waals surface area contributed by atoms with Gasteiger partial charge in [-0.2, -0.15) is 4.31 Å². The molecule has 15 heavy (non-hydrogen) atoms. The van der Waals surface area contributed by atoms with Gasteiger partial charge >= 0.3 is 5.97 Å². The van der Waals surface area contributed by atoms with Crippen molar-refractivity contribution < 1.29 is 18.3 Å². The lowest BCUT2D eigenvalue weighted by Crippen LogP contribution is -2.36. The van der Waals surface area contributed by atoms with E-state index in [2.05, 4.69) is 0 Å². The van der Waals surface area contributed by atoms with Crippen LogP contribution in [0, 0.1) is 5.92 Å². The van der Waals surface area contributed by atoms with Crippen molar-refractivity contribution in [3.63, 3.8) is 0 Å². The van der Waals surface area contributed by atoms with Crippen LogP contribution in [-0.2, 0) is 14.8 Å². The Balaban J connectivity index is 2.65. The van der Waals surface area contributed by atoms with Gasteiger partial charge in [0.2, 0.25) is 10.0 Å². The fraction of sp³-hybridized carbons (Fsp3) is 0.889. The third-order valence-corrected chi connectivity index (χ3v) is 4.60. The van der Waals surface area contributed by atoms with Gasteiger partial charge in [-0.25, -0.2) is 8.42 Å². The van der Waals surface area contributed by atoms with Gasteiger partial charge in [0.1, 0.15) is 0 Å². The highest BCUT2D eigenvalue weighted by atomic mass is 32.2. The van der Waals surface area contributed by atoms with Crippen molar-refractivity contribution in [3.8, 4) is 0 Å². The molecule has 6 heteroatoms. The predicted octanol–water partition coefficient (Wildman–Crippen LogP) is 0.521. The number of hydrogen-bond acceptors (Lipinski definition) is 3. The first-order valence-corrected chi connectivity index (χ1v) is 6.65. The molecule has 2 unspecified atom stereocenters. The molecule has 1 rings (SSSR count). The molecule has 1 saturated heterocycles. The summed E-state index contributed by atoms with van der Waals surface area (Å²) in [6, 6.07) is -0.00112. The van der Waals surface area contributed by atoms with Crippen LogP contribution in [0.1, 0.15) is 26.7 Å². The molecule has 1 heterocycles. The Bertz CT molecular complexity index is 338. The average Bonchev–Trinajstić information content (AvgIpc) is 2.43. The zero-order valence-corrected chi connectivity index (χ0v) is 9.83. The van der Waals surface area contributed by atoms with E-state index < -0.39 is 16.0 Å². The van der Waals surface area contributed by atoms with Crippen LogP contribution in [0.25, 0.3) is 0 Å². The molecule has 0 saturated carbocycles.